The zero-order valence-corrected chi connectivity index (χ0v) is 13.0. The normalized spacial score (nSPS) is 10.9. The third-order valence-corrected chi connectivity index (χ3v) is 4.15. The molecule has 0 aliphatic carbocycles. The lowest BCUT2D eigenvalue weighted by Gasteiger charge is -2.07. The maximum atomic E-state index is 11.8. The number of amides is 1. The molecule has 110 valence electrons. The first kappa shape index (κ1) is 16.6. The molecule has 20 heavy (non-hydrogen) atoms. The monoisotopic (exact) mass is 364 g/mol. The Morgan fingerprint density at radius 1 is 1.20 bits per heavy atom. The van der Waals surface area contributed by atoms with Crippen molar-refractivity contribution in [1.82, 2.24) is 10.0 Å². The molecule has 0 saturated carbocycles. The number of esters is 1. The summed E-state index contributed by atoms with van der Waals surface area (Å²) in [6.45, 7) is -0.773. The van der Waals surface area contributed by atoms with Gasteiger partial charge in [-0.15, -0.1) is 0 Å². The van der Waals surface area contributed by atoms with Gasteiger partial charge in [0.15, 0.2) is 0 Å². The Morgan fingerprint density at radius 2 is 1.80 bits per heavy atom. The molecule has 0 aliphatic heterocycles. The van der Waals surface area contributed by atoms with Crippen molar-refractivity contribution in [2.24, 2.45) is 0 Å². The van der Waals surface area contributed by atoms with E-state index in [1.807, 2.05) is 0 Å². The standard InChI is InChI=1S/C11H13BrN2O5S/c1-19-11(16)7-13-10(15)6-14-20(17,18)9-4-2-8(12)3-5-9/h2-5,14H,6-7H2,1H3,(H,13,15). The molecule has 1 aromatic carbocycles. The smallest absolute Gasteiger partial charge is 0.325 e. The van der Waals surface area contributed by atoms with Crippen LogP contribution >= 0.6 is 15.9 Å². The van der Waals surface area contributed by atoms with Crippen LogP contribution in [-0.4, -0.2) is 40.5 Å². The van der Waals surface area contributed by atoms with E-state index in [0.717, 1.165) is 4.47 Å². The number of sulfonamides is 1. The lowest BCUT2D eigenvalue weighted by atomic mass is 10.4. The van der Waals surface area contributed by atoms with Crippen LogP contribution in [-0.2, 0) is 24.3 Å². The number of nitrogens with one attached hydrogen (secondary N) is 2. The molecule has 1 amide bonds. The maximum Gasteiger partial charge on any atom is 0.325 e. The molecule has 0 aromatic heterocycles. The second-order valence-electron chi connectivity index (χ2n) is 3.63. The SMILES string of the molecule is COC(=O)CNC(=O)CNS(=O)(=O)c1ccc(Br)cc1. The zero-order chi connectivity index (χ0) is 15.2. The van der Waals surface area contributed by atoms with E-state index in [-0.39, 0.29) is 11.4 Å². The van der Waals surface area contributed by atoms with Crippen LogP contribution in [0.25, 0.3) is 0 Å². The molecule has 0 radical (unpaired) electrons. The van der Waals surface area contributed by atoms with E-state index >= 15 is 0 Å². The van der Waals surface area contributed by atoms with Crippen molar-refractivity contribution >= 4 is 37.8 Å². The van der Waals surface area contributed by atoms with Crippen molar-refractivity contribution in [3.63, 3.8) is 0 Å². The largest absolute Gasteiger partial charge is 0.468 e. The van der Waals surface area contributed by atoms with Gasteiger partial charge < -0.3 is 10.1 Å². The van der Waals surface area contributed by atoms with Gasteiger partial charge in [-0.25, -0.2) is 13.1 Å². The van der Waals surface area contributed by atoms with E-state index in [1.54, 1.807) is 12.1 Å². The molecule has 0 unspecified atom stereocenters. The number of carbonyl (C=O) groups excluding carboxylic acids is 2. The van der Waals surface area contributed by atoms with E-state index in [4.69, 9.17) is 0 Å². The van der Waals surface area contributed by atoms with Crippen LogP contribution in [0.1, 0.15) is 0 Å². The van der Waals surface area contributed by atoms with Crippen LogP contribution in [0.15, 0.2) is 33.6 Å². The summed E-state index contributed by atoms with van der Waals surface area (Å²) in [7, 11) is -2.58. The molecular weight excluding hydrogens is 352 g/mol. The van der Waals surface area contributed by atoms with Crippen LogP contribution in [0.4, 0.5) is 0 Å². The maximum absolute atomic E-state index is 11.8. The lowest BCUT2D eigenvalue weighted by molar-refractivity contribution is -0.141. The average Bonchev–Trinajstić information content (AvgIpc) is 2.43. The minimum Gasteiger partial charge on any atom is -0.468 e. The molecule has 0 bridgehead atoms. The number of hydrogen-bond acceptors (Lipinski definition) is 5. The molecular formula is C11H13BrN2O5S. The summed E-state index contributed by atoms with van der Waals surface area (Å²) in [6.07, 6.45) is 0. The number of carbonyl (C=O) groups is 2. The first-order valence-electron chi connectivity index (χ1n) is 5.44. The van der Waals surface area contributed by atoms with Crippen molar-refractivity contribution in [1.29, 1.82) is 0 Å². The number of methoxy groups -OCH3 is 1. The van der Waals surface area contributed by atoms with Crippen molar-refractivity contribution in [2.75, 3.05) is 20.2 Å². The summed E-state index contributed by atoms with van der Waals surface area (Å²) in [4.78, 5) is 22.2. The fourth-order valence-corrected chi connectivity index (χ4v) is 2.41. The van der Waals surface area contributed by atoms with Gasteiger partial charge >= 0.3 is 5.97 Å². The van der Waals surface area contributed by atoms with Crippen LogP contribution < -0.4 is 10.0 Å². The van der Waals surface area contributed by atoms with Crippen LogP contribution in [0.3, 0.4) is 0 Å². The highest BCUT2D eigenvalue weighted by Crippen LogP contribution is 2.14. The molecule has 2 N–H and O–H groups in total. The summed E-state index contributed by atoms with van der Waals surface area (Å²) in [6, 6.07) is 5.95. The molecule has 1 aromatic rings. The number of benzene rings is 1. The molecule has 0 atom stereocenters. The summed E-state index contributed by atoms with van der Waals surface area (Å²) < 4.78 is 30.9. The number of hydrogen-bond donors (Lipinski definition) is 2. The number of rotatable bonds is 6. The Balaban J connectivity index is 2.53. The Kier molecular flexibility index (Phi) is 6.11. The van der Waals surface area contributed by atoms with Crippen molar-refractivity contribution < 1.29 is 22.7 Å². The fraction of sp³-hybridized carbons (Fsp3) is 0.273. The topological polar surface area (TPSA) is 102 Å². The zero-order valence-electron chi connectivity index (χ0n) is 10.6. The quantitative estimate of drug-likeness (QED) is 0.692. The number of ether oxygens (including phenoxy) is 1. The molecule has 0 saturated heterocycles. The third-order valence-electron chi connectivity index (χ3n) is 2.20. The first-order chi connectivity index (χ1) is 9.35. The highest BCUT2D eigenvalue weighted by atomic mass is 79.9. The molecule has 7 nitrogen and oxygen atoms in total. The molecule has 0 spiro atoms. The van der Waals surface area contributed by atoms with Gasteiger partial charge in [0.05, 0.1) is 18.6 Å². The Labute approximate surface area is 124 Å². The van der Waals surface area contributed by atoms with E-state index in [0.29, 0.717) is 0 Å². The van der Waals surface area contributed by atoms with Crippen molar-refractivity contribution in [3.8, 4) is 0 Å². The van der Waals surface area contributed by atoms with Crippen molar-refractivity contribution in [3.05, 3.63) is 28.7 Å². The first-order valence-corrected chi connectivity index (χ1v) is 7.71. The van der Waals surface area contributed by atoms with Crippen LogP contribution in [0.5, 0.6) is 0 Å². The Bertz CT molecular complexity index is 585. The summed E-state index contributed by atoms with van der Waals surface area (Å²) >= 11 is 3.19. The van der Waals surface area contributed by atoms with Gasteiger partial charge in [-0.2, -0.15) is 0 Å². The predicted molar refractivity (Wildman–Crippen MR) is 74.4 cm³/mol. The molecule has 0 fully saturated rings. The summed E-state index contributed by atoms with van der Waals surface area (Å²) in [5, 5.41) is 2.22. The minimum absolute atomic E-state index is 0.0430. The minimum atomic E-state index is -3.76. The van der Waals surface area contributed by atoms with Gasteiger partial charge in [0.25, 0.3) is 0 Å². The van der Waals surface area contributed by atoms with Gasteiger partial charge in [0.1, 0.15) is 6.54 Å². The highest BCUT2D eigenvalue weighted by Gasteiger charge is 2.15. The second-order valence-corrected chi connectivity index (χ2v) is 6.31. The lowest BCUT2D eigenvalue weighted by Crippen LogP contribution is -2.39. The van der Waals surface area contributed by atoms with Crippen LogP contribution in [0, 0.1) is 0 Å². The fourth-order valence-electron chi connectivity index (χ4n) is 1.16. The average molecular weight is 365 g/mol. The van der Waals surface area contributed by atoms with Gasteiger partial charge in [-0.3, -0.25) is 9.59 Å². The van der Waals surface area contributed by atoms with Gasteiger partial charge in [-0.05, 0) is 24.3 Å². The van der Waals surface area contributed by atoms with Crippen molar-refractivity contribution in [2.45, 2.75) is 4.90 Å². The van der Waals surface area contributed by atoms with E-state index in [2.05, 4.69) is 30.7 Å². The molecule has 9 heteroatoms. The molecule has 1 rings (SSSR count). The van der Waals surface area contributed by atoms with Gasteiger partial charge in [0.2, 0.25) is 15.9 Å². The Morgan fingerprint density at radius 3 is 2.35 bits per heavy atom. The third kappa shape index (κ3) is 5.27. The molecule has 0 aliphatic rings. The Hall–Kier alpha value is -1.45. The summed E-state index contributed by atoms with van der Waals surface area (Å²) in [5.74, 6) is -1.25. The van der Waals surface area contributed by atoms with E-state index in [9.17, 15) is 18.0 Å². The molecule has 0 heterocycles. The summed E-state index contributed by atoms with van der Waals surface area (Å²) in [5.41, 5.74) is 0. The van der Waals surface area contributed by atoms with Crippen LogP contribution in [0.2, 0.25) is 0 Å². The van der Waals surface area contributed by atoms with Gasteiger partial charge in [-0.1, -0.05) is 15.9 Å². The van der Waals surface area contributed by atoms with E-state index < -0.39 is 28.4 Å². The van der Waals surface area contributed by atoms with E-state index in [1.165, 1.54) is 19.2 Å². The highest BCUT2D eigenvalue weighted by molar-refractivity contribution is 9.10. The van der Waals surface area contributed by atoms with Gasteiger partial charge in [0, 0.05) is 4.47 Å². The predicted octanol–water partition coefficient (Wildman–Crippen LogP) is 0.0166. The number of halogens is 1. The second kappa shape index (κ2) is 7.36.